The summed E-state index contributed by atoms with van der Waals surface area (Å²) in [4.78, 5) is 6.00. The van der Waals surface area contributed by atoms with Gasteiger partial charge in [-0.25, -0.2) is 0 Å². The van der Waals surface area contributed by atoms with Crippen LogP contribution in [0.4, 0.5) is 11.4 Å². The van der Waals surface area contributed by atoms with Crippen LogP contribution in [0.3, 0.4) is 0 Å². The van der Waals surface area contributed by atoms with Crippen LogP contribution in [0.2, 0.25) is 0 Å². The molecular formula is C14H19N3O2. The van der Waals surface area contributed by atoms with Gasteiger partial charge in [-0.2, -0.15) is 0 Å². The van der Waals surface area contributed by atoms with Crippen LogP contribution in [0.25, 0.3) is 10.8 Å². The molecule has 5 heteroatoms. The Bertz CT molecular complexity index is 559. The van der Waals surface area contributed by atoms with Gasteiger partial charge >= 0.3 is 0 Å². The maximum atomic E-state index is 9.77. The van der Waals surface area contributed by atoms with Crippen molar-refractivity contribution in [3.05, 3.63) is 30.6 Å². The van der Waals surface area contributed by atoms with Crippen molar-refractivity contribution in [2.45, 2.75) is 6.10 Å². The van der Waals surface area contributed by atoms with Gasteiger partial charge in [0.25, 0.3) is 0 Å². The minimum atomic E-state index is -0.539. The number of nitrogen functional groups attached to an aromatic ring is 1. The second-order valence-electron chi connectivity index (χ2n) is 4.58. The maximum Gasteiger partial charge on any atom is 0.0947 e. The van der Waals surface area contributed by atoms with Crippen LogP contribution in [-0.4, -0.2) is 43.5 Å². The fourth-order valence-electron chi connectivity index (χ4n) is 2.17. The van der Waals surface area contributed by atoms with Gasteiger partial charge in [-0.3, -0.25) is 4.98 Å². The number of fused-ring (bicyclic) bond motifs is 1. The summed E-state index contributed by atoms with van der Waals surface area (Å²) in [6, 6.07) is 5.82. The van der Waals surface area contributed by atoms with E-state index in [2.05, 4.69) is 4.98 Å². The molecule has 102 valence electrons. The zero-order valence-electron chi connectivity index (χ0n) is 11.2. The summed E-state index contributed by atoms with van der Waals surface area (Å²) in [6.45, 7) is 0.774. The van der Waals surface area contributed by atoms with E-state index in [1.165, 1.54) is 0 Å². The molecule has 1 aromatic carbocycles. The number of ether oxygens (including phenoxy) is 1. The molecule has 0 aliphatic heterocycles. The summed E-state index contributed by atoms with van der Waals surface area (Å²) in [5.41, 5.74) is 7.79. The smallest absolute Gasteiger partial charge is 0.0947 e. The van der Waals surface area contributed by atoms with Gasteiger partial charge in [-0.1, -0.05) is 6.07 Å². The number of anilines is 2. The van der Waals surface area contributed by atoms with Crippen LogP contribution >= 0.6 is 0 Å². The van der Waals surface area contributed by atoms with Gasteiger partial charge in [0.1, 0.15) is 0 Å². The first-order valence-corrected chi connectivity index (χ1v) is 6.14. The molecular weight excluding hydrogens is 242 g/mol. The molecule has 0 aliphatic rings. The molecule has 1 unspecified atom stereocenters. The number of benzene rings is 1. The van der Waals surface area contributed by atoms with Crippen LogP contribution < -0.4 is 10.6 Å². The van der Waals surface area contributed by atoms with Gasteiger partial charge in [0, 0.05) is 43.9 Å². The van der Waals surface area contributed by atoms with Crippen molar-refractivity contribution in [3.8, 4) is 0 Å². The van der Waals surface area contributed by atoms with E-state index in [-0.39, 0.29) is 0 Å². The number of hydrogen-bond acceptors (Lipinski definition) is 5. The highest BCUT2D eigenvalue weighted by atomic mass is 16.5. The Labute approximate surface area is 112 Å². The summed E-state index contributed by atoms with van der Waals surface area (Å²) in [5.74, 6) is 0. The third kappa shape index (κ3) is 2.94. The highest BCUT2D eigenvalue weighted by Gasteiger charge is 2.12. The Morgan fingerprint density at radius 2 is 2.21 bits per heavy atom. The minimum Gasteiger partial charge on any atom is -0.397 e. The van der Waals surface area contributed by atoms with Crippen LogP contribution in [0.5, 0.6) is 0 Å². The number of nitrogens with zero attached hydrogens (tertiary/aromatic N) is 2. The number of methoxy groups -OCH3 is 1. The van der Waals surface area contributed by atoms with Gasteiger partial charge in [0.15, 0.2) is 0 Å². The molecule has 5 nitrogen and oxygen atoms in total. The lowest BCUT2D eigenvalue weighted by atomic mass is 10.1. The molecule has 2 aromatic rings. The van der Waals surface area contributed by atoms with E-state index in [1.54, 1.807) is 19.5 Å². The monoisotopic (exact) mass is 261 g/mol. The average molecular weight is 261 g/mol. The highest BCUT2D eigenvalue weighted by molar-refractivity contribution is 5.98. The molecule has 0 bridgehead atoms. The standard InChI is InChI=1S/C14H19N3O2/c1-17(8-11(18)9-19-2)13-4-3-10-7-16-6-5-12(10)14(13)15/h3-7,11,18H,8-9,15H2,1-2H3. The van der Waals surface area contributed by atoms with Crippen molar-refractivity contribution in [2.24, 2.45) is 0 Å². The average Bonchev–Trinajstić information content (AvgIpc) is 2.39. The third-order valence-corrected chi connectivity index (χ3v) is 3.09. The lowest BCUT2D eigenvalue weighted by Gasteiger charge is -2.24. The molecule has 3 N–H and O–H groups in total. The molecule has 2 rings (SSSR count). The van der Waals surface area contributed by atoms with Crippen molar-refractivity contribution in [1.29, 1.82) is 0 Å². The molecule has 1 aromatic heterocycles. The van der Waals surface area contributed by atoms with E-state index >= 15 is 0 Å². The number of likely N-dealkylation sites (N-methyl/N-ethyl adjacent to an activating group) is 1. The van der Waals surface area contributed by atoms with Gasteiger partial charge < -0.3 is 20.5 Å². The number of aliphatic hydroxyl groups is 1. The lowest BCUT2D eigenvalue weighted by molar-refractivity contribution is 0.0695. The van der Waals surface area contributed by atoms with E-state index in [0.717, 1.165) is 16.5 Å². The minimum absolute atomic E-state index is 0.307. The molecule has 0 radical (unpaired) electrons. The van der Waals surface area contributed by atoms with Crippen LogP contribution in [0.1, 0.15) is 0 Å². The number of rotatable bonds is 5. The highest BCUT2D eigenvalue weighted by Crippen LogP contribution is 2.30. The van der Waals surface area contributed by atoms with Crippen LogP contribution in [0.15, 0.2) is 30.6 Å². The Morgan fingerprint density at radius 3 is 2.95 bits per heavy atom. The molecule has 1 atom stereocenters. The van der Waals surface area contributed by atoms with Crippen molar-refractivity contribution in [3.63, 3.8) is 0 Å². The van der Waals surface area contributed by atoms with Crippen molar-refractivity contribution in [1.82, 2.24) is 4.98 Å². The summed E-state index contributed by atoms with van der Waals surface area (Å²) in [5, 5.41) is 11.7. The lowest BCUT2D eigenvalue weighted by Crippen LogP contribution is -2.32. The zero-order valence-corrected chi connectivity index (χ0v) is 11.2. The predicted octanol–water partition coefficient (Wildman–Crippen LogP) is 1.26. The number of nitrogens with two attached hydrogens (primary N) is 1. The molecule has 0 fully saturated rings. The quantitative estimate of drug-likeness (QED) is 0.793. The Morgan fingerprint density at radius 1 is 1.42 bits per heavy atom. The van der Waals surface area contributed by atoms with Crippen LogP contribution in [-0.2, 0) is 4.74 Å². The van der Waals surface area contributed by atoms with E-state index in [4.69, 9.17) is 10.5 Å². The summed E-state index contributed by atoms with van der Waals surface area (Å²) in [7, 11) is 3.47. The second-order valence-corrected chi connectivity index (χ2v) is 4.58. The molecule has 1 heterocycles. The topological polar surface area (TPSA) is 71.6 Å². The molecule has 0 amide bonds. The number of pyridine rings is 1. The SMILES string of the molecule is COCC(O)CN(C)c1ccc2cnccc2c1N. The Kier molecular flexibility index (Phi) is 4.19. The van der Waals surface area contributed by atoms with Gasteiger partial charge in [0.05, 0.1) is 24.1 Å². The molecule has 0 aliphatic carbocycles. The summed E-state index contributed by atoms with van der Waals surface area (Å²) >= 11 is 0. The van der Waals surface area contributed by atoms with Crippen molar-refractivity contribution >= 4 is 22.1 Å². The molecule has 0 spiro atoms. The van der Waals surface area contributed by atoms with Gasteiger partial charge in [0.2, 0.25) is 0 Å². The van der Waals surface area contributed by atoms with Crippen molar-refractivity contribution in [2.75, 3.05) is 37.9 Å². The Balaban J connectivity index is 2.27. The number of aliphatic hydroxyl groups excluding tert-OH is 1. The second kappa shape index (κ2) is 5.86. The van der Waals surface area contributed by atoms with E-state index in [1.807, 2.05) is 30.1 Å². The van der Waals surface area contributed by atoms with Gasteiger partial charge in [-0.05, 0) is 12.1 Å². The first kappa shape index (κ1) is 13.6. The number of hydrogen-bond donors (Lipinski definition) is 2. The fourth-order valence-corrected chi connectivity index (χ4v) is 2.17. The molecule has 0 saturated carbocycles. The fraction of sp³-hybridized carbons (Fsp3) is 0.357. The normalized spacial score (nSPS) is 12.6. The van der Waals surface area contributed by atoms with Gasteiger partial charge in [-0.15, -0.1) is 0 Å². The van der Waals surface area contributed by atoms with E-state index in [9.17, 15) is 5.11 Å². The number of aromatic nitrogens is 1. The summed E-state index contributed by atoms with van der Waals surface area (Å²) in [6.07, 6.45) is 2.97. The third-order valence-electron chi connectivity index (χ3n) is 3.09. The largest absolute Gasteiger partial charge is 0.397 e. The first-order valence-electron chi connectivity index (χ1n) is 6.14. The first-order chi connectivity index (χ1) is 9.13. The summed E-state index contributed by atoms with van der Waals surface area (Å²) < 4.78 is 4.92. The molecule has 0 saturated heterocycles. The zero-order chi connectivity index (χ0) is 13.8. The van der Waals surface area contributed by atoms with Crippen molar-refractivity contribution < 1.29 is 9.84 Å². The molecule has 19 heavy (non-hydrogen) atoms. The van der Waals surface area contributed by atoms with E-state index < -0.39 is 6.10 Å². The van der Waals surface area contributed by atoms with Crippen LogP contribution in [0, 0.1) is 0 Å². The van der Waals surface area contributed by atoms with E-state index in [0.29, 0.717) is 18.8 Å². The maximum absolute atomic E-state index is 9.77. The predicted molar refractivity (Wildman–Crippen MR) is 77.3 cm³/mol. The Hall–Kier alpha value is -1.85.